The van der Waals surface area contributed by atoms with Crippen molar-refractivity contribution in [2.24, 2.45) is 0 Å². The fourth-order valence-electron chi connectivity index (χ4n) is 2.61. The molecule has 1 saturated heterocycles. The maximum absolute atomic E-state index is 12.4. The largest absolute Gasteiger partial charge is 0.341 e. The van der Waals surface area contributed by atoms with Gasteiger partial charge < -0.3 is 4.90 Å². The Bertz CT molecular complexity index is 1040. The summed E-state index contributed by atoms with van der Waals surface area (Å²) in [4.78, 5) is 13.9. The van der Waals surface area contributed by atoms with Crippen molar-refractivity contribution in [3.05, 3.63) is 32.2 Å². The summed E-state index contributed by atoms with van der Waals surface area (Å²) in [5.41, 5.74) is 0.692. The molecule has 0 aliphatic carbocycles. The van der Waals surface area contributed by atoms with E-state index in [1.807, 2.05) is 0 Å². The van der Waals surface area contributed by atoms with E-state index in [4.69, 9.17) is 35.4 Å². The Labute approximate surface area is 180 Å². The van der Waals surface area contributed by atoms with Gasteiger partial charge in [0, 0.05) is 13.1 Å². The summed E-state index contributed by atoms with van der Waals surface area (Å²) in [7, 11) is -1.39. The van der Waals surface area contributed by atoms with Crippen LogP contribution in [-0.2, 0) is 14.6 Å². The summed E-state index contributed by atoms with van der Waals surface area (Å²) in [6.45, 7) is 0. The molecule has 0 spiro atoms. The Morgan fingerprint density at radius 2 is 2.19 bits per heavy atom. The second-order valence-corrected chi connectivity index (χ2v) is 11.9. The van der Waals surface area contributed by atoms with Crippen LogP contribution in [0.25, 0.3) is 5.69 Å². The average molecular weight is 484 g/mol. The number of carbonyl (C=O) groups excluding carboxylic acids is 1. The first kappa shape index (κ1) is 21.1. The molecule has 27 heavy (non-hydrogen) atoms. The van der Waals surface area contributed by atoms with E-state index in [1.54, 1.807) is 29.9 Å². The van der Waals surface area contributed by atoms with E-state index in [1.165, 1.54) is 28.0 Å². The second kappa shape index (κ2) is 8.38. The van der Waals surface area contributed by atoms with Crippen molar-refractivity contribution in [2.45, 2.75) is 16.8 Å². The Morgan fingerprint density at radius 3 is 2.81 bits per heavy atom. The zero-order valence-corrected chi connectivity index (χ0v) is 18.9. The molecule has 0 bridgehead atoms. The van der Waals surface area contributed by atoms with Crippen LogP contribution in [0, 0.1) is 3.95 Å². The molecule has 0 N–H and O–H groups in total. The molecule has 0 radical (unpaired) electrons. The Hall–Kier alpha value is -0.650. The number of benzene rings is 1. The van der Waals surface area contributed by atoms with Gasteiger partial charge in [-0.05, 0) is 36.8 Å². The van der Waals surface area contributed by atoms with Crippen molar-refractivity contribution in [1.29, 1.82) is 0 Å². The van der Waals surface area contributed by atoms with Crippen molar-refractivity contribution in [3.8, 4) is 5.69 Å². The van der Waals surface area contributed by atoms with Crippen molar-refractivity contribution >= 4 is 74.3 Å². The number of amides is 1. The highest BCUT2D eigenvalue weighted by molar-refractivity contribution is 8.01. The zero-order chi connectivity index (χ0) is 19.8. The fourth-order valence-corrected chi connectivity index (χ4v) is 6.96. The predicted octanol–water partition coefficient (Wildman–Crippen LogP) is 3.71. The van der Waals surface area contributed by atoms with Crippen LogP contribution >= 0.6 is 58.5 Å². The smallest absolute Gasteiger partial charge is 0.233 e. The highest BCUT2D eigenvalue weighted by Gasteiger charge is 2.32. The molecule has 1 amide bonds. The van der Waals surface area contributed by atoms with E-state index in [-0.39, 0.29) is 29.2 Å². The van der Waals surface area contributed by atoms with Crippen LogP contribution in [0.5, 0.6) is 0 Å². The third kappa shape index (κ3) is 5.04. The molecular weight excluding hydrogens is 469 g/mol. The molecule has 12 heteroatoms. The van der Waals surface area contributed by atoms with Gasteiger partial charge in [-0.2, -0.15) is 0 Å². The van der Waals surface area contributed by atoms with Gasteiger partial charge in [-0.15, -0.1) is 5.10 Å². The molecule has 1 aromatic carbocycles. The van der Waals surface area contributed by atoms with Crippen LogP contribution in [-0.4, -0.2) is 59.4 Å². The number of aromatic nitrogens is 2. The summed E-state index contributed by atoms with van der Waals surface area (Å²) >= 11 is 19.9. The first-order valence-electron chi connectivity index (χ1n) is 7.81. The zero-order valence-electron chi connectivity index (χ0n) is 14.1. The fraction of sp³-hybridized carbons (Fsp3) is 0.400. The lowest BCUT2D eigenvalue weighted by atomic mass is 10.2. The van der Waals surface area contributed by atoms with Gasteiger partial charge in [0.25, 0.3) is 0 Å². The molecule has 3 rings (SSSR count). The third-order valence-electron chi connectivity index (χ3n) is 4.15. The van der Waals surface area contributed by atoms with Gasteiger partial charge in [0.05, 0.1) is 33.0 Å². The third-order valence-corrected chi connectivity index (χ3v) is 8.99. The second-order valence-electron chi connectivity index (χ2n) is 5.99. The van der Waals surface area contributed by atoms with Crippen LogP contribution in [0.4, 0.5) is 0 Å². The van der Waals surface area contributed by atoms with Crippen molar-refractivity contribution in [2.75, 3.05) is 24.3 Å². The lowest BCUT2D eigenvalue weighted by Gasteiger charge is -2.22. The molecule has 1 unspecified atom stereocenters. The number of sulfone groups is 1. The Kier molecular flexibility index (Phi) is 6.54. The SMILES string of the molecule is CN(C(=O)CSc1nn(-c2ccc(Cl)c(Cl)c2)c(=S)s1)C1CCS(=O)(=O)C1. The topological polar surface area (TPSA) is 72.3 Å². The summed E-state index contributed by atoms with van der Waals surface area (Å²) in [6.07, 6.45) is 0.486. The maximum Gasteiger partial charge on any atom is 0.233 e. The first-order valence-corrected chi connectivity index (χ1v) is 12.6. The Balaban J connectivity index is 1.66. The lowest BCUT2D eigenvalue weighted by molar-refractivity contribution is -0.128. The van der Waals surface area contributed by atoms with Crippen LogP contribution in [0.15, 0.2) is 22.5 Å². The molecule has 0 saturated carbocycles. The molecule has 1 atom stereocenters. The minimum Gasteiger partial charge on any atom is -0.341 e. The number of hydrogen-bond acceptors (Lipinski definition) is 7. The molecule has 1 aliphatic heterocycles. The van der Waals surface area contributed by atoms with Crippen LogP contribution in [0.2, 0.25) is 10.0 Å². The molecule has 2 heterocycles. The number of thioether (sulfide) groups is 1. The van der Waals surface area contributed by atoms with Gasteiger partial charge in [0.1, 0.15) is 0 Å². The van der Waals surface area contributed by atoms with E-state index in [9.17, 15) is 13.2 Å². The standard InChI is InChI=1S/C15H15Cl2N3O3S4/c1-19(10-4-5-27(22,23)8-10)13(21)7-25-14-18-20(15(24)26-14)9-2-3-11(16)12(17)6-9/h2-3,6,10H,4-5,7-8H2,1H3. The van der Waals surface area contributed by atoms with Gasteiger partial charge in [0.2, 0.25) is 5.91 Å². The van der Waals surface area contributed by atoms with E-state index in [0.717, 1.165) is 0 Å². The van der Waals surface area contributed by atoms with E-state index < -0.39 is 9.84 Å². The lowest BCUT2D eigenvalue weighted by Crippen LogP contribution is -2.38. The van der Waals surface area contributed by atoms with Crippen molar-refractivity contribution < 1.29 is 13.2 Å². The number of carbonyl (C=O) groups is 1. The molecule has 1 fully saturated rings. The highest BCUT2D eigenvalue weighted by Crippen LogP contribution is 2.28. The van der Waals surface area contributed by atoms with Crippen LogP contribution < -0.4 is 0 Å². The summed E-state index contributed by atoms with van der Waals surface area (Å²) in [5, 5.41) is 5.28. The molecule has 1 aromatic heterocycles. The van der Waals surface area contributed by atoms with E-state index in [0.29, 0.717) is 30.4 Å². The number of hydrogen-bond donors (Lipinski definition) is 0. The normalized spacial score (nSPS) is 18.6. The number of halogens is 2. The molecule has 1 aliphatic rings. The minimum absolute atomic E-state index is 0.0325. The van der Waals surface area contributed by atoms with Gasteiger partial charge in [-0.3, -0.25) is 4.79 Å². The van der Waals surface area contributed by atoms with E-state index in [2.05, 4.69) is 5.10 Å². The minimum atomic E-state index is -3.03. The predicted molar refractivity (Wildman–Crippen MR) is 113 cm³/mol. The molecule has 2 aromatic rings. The monoisotopic (exact) mass is 483 g/mol. The van der Waals surface area contributed by atoms with Crippen molar-refractivity contribution in [1.82, 2.24) is 14.7 Å². The number of rotatable bonds is 5. The van der Waals surface area contributed by atoms with Crippen molar-refractivity contribution in [3.63, 3.8) is 0 Å². The van der Waals surface area contributed by atoms with Gasteiger partial charge in [0.15, 0.2) is 18.1 Å². The summed E-state index contributed by atoms with van der Waals surface area (Å²) in [6, 6.07) is 4.85. The number of nitrogens with zero attached hydrogens (tertiary/aromatic N) is 3. The van der Waals surface area contributed by atoms with Crippen LogP contribution in [0.1, 0.15) is 6.42 Å². The molecular formula is C15H15Cl2N3O3S4. The summed E-state index contributed by atoms with van der Waals surface area (Å²) in [5.74, 6) is 0.198. The van der Waals surface area contributed by atoms with Gasteiger partial charge in [-0.25, -0.2) is 13.1 Å². The van der Waals surface area contributed by atoms with E-state index >= 15 is 0 Å². The van der Waals surface area contributed by atoms with Crippen LogP contribution in [0.3, 0.4) is 0 Å². The summed E-state index contributed by atoms with van der Waals surface area (Å²) < 4.78 is 25.9. The van der Waals surface area contributed by atoms with Gasteiger partial charge >= 0.3 is 0 Å². The first-order chi connectivity index (χ1) is 12.7. The Morgan fingerprint density at radius 1 is 1.44 bits per heavy atom. The average Bonchev–Trinajstić information content (AvgIpc) is 3.16. The quantitative estimate of drug-likeness (QED) is 0.476. The van der Waals surface area contributed by atoms with Gasteiger partial charge in [-0.1, -0.05) is 46.3 Å². The molecule has 6 nitrogen and oxygen atoms in total. The maximum atomic E-state index is 12.4. The molecule has 146 valence electrons. The highest BCUT2D eigenvalue weighted by atomic mass is 35.5.